The monoisotopic (exact) mass is 423 g/mol. The summed E-state index contributed by atoms with van der Waals surface area (Å²) in [6.45, 7) is -0.0474. The van der Waals surface area contributed by atoms with Gasteiger partial charge in [0.15, 0.2) is 0 Å². The van der Waals surface area contributed by atoms with Crippen LogP contribution in [-0.2, 0) is 16.2 Å². The summed E-state index contributed by atoms with van der Waals surface area (Å²) in [5, 5.41) is 1.68. The van der Waals surface area contributed by atoms with E-state index in [1.165, 1.54) is 0 Å². The highest BCUT2D eigenvalue weighted by Crippen LogP contribution is 2.31. The van der Waals surface area contributed by atoms with Crippen LogP contribution in [0.2, 0.25) is 10.0 Å². The van der Waals surface area contributed by atoms with Gasteiger partial charge in [0.05, 0.1) is 11.1 Å². The molecule has 0 N–H and O–H groups in total. The van der Waals surface area contributed by atoms with Crippen molar-refractivity contribution in [1.82, 2.24) is 5.06 Å². The van der Waals surface area contributed by atoms with E-state index >= 15 is 0 Å². The first-order valence-electron chi connectivity index (χ1n) is 8.86. The SMILES string of the molecule is O=C1/C(=C\c2ccccc2)c2ccccc2C(=O)N1OCc1ccc(Cl)cc1Cl. The maximum absolute atomic E-state index is 13.1. The van der Waals surface area contributed by atoms with E-state index in [1.807, 2.05) is 30.3 Å². The number of hydrogen-bond donors (Lipinski definition) is 0. The predicted octanol–water partition coefficient (Wildman–Crippen LogP) is 5.65. The summed E-state index contributed by atoms with van der Waals surface area (Å²) in [5.74, 6) is -1.04. The second-order valence-electron chi connectivity index (χ2n) is 6.43. The number of hydrogen-bond acceptors (Lipinski definition) is 3. The van der Waals surface area contributed by atoms with Crippen LogP contribution in [0.1, 0.15) is 27.0 Å². The number of imide groups is 1. The van der Waals surface area contributed by atoms with E-state index in [1.54, 1.807) is 48.5 Å². The molecule has 0 saturated carbocycles. The zero-order chi connectivity index (χ0) is 20.4. The van der Waals surface area contributed by atoms with Crippen molar-refractivity contribution in [2.45, 2.75) is 6.61 Å². The Kier molecular flexibility index (Phi) is 5.49. The molecular formula is C23H15Cl2NO3. The fourth-order valence-corrected chi connectivity index (χ4v) is 3.54. The van der Waals surface area contributed by atoms with Crippen molar-refractivity contribution in [3.05, 3.63) is 105 Å². The number of amides is 2. The van der Waals surface area contributed by atoms with Crippen LogP contribution in [-0.4, -0.2) is 16.9 Å². The predicted molar refractivity (Wildman–Crippen MR) is 113 cm³/mol. The Labute approximate surface area is 177 Å². The van der Waals surface area contributed by atoms with Gasteiger partial charge in [0, 0.05) is 15.6 Å². The van der Waals surface area contributed by atoms with Crippen molar-refractivity contribution in [2.75, 3.05) is 0 Å². The summed E-state index contributed by atoms with van der Waals surface area (Å²) in [7, 11) is 0. The third-order valence-electron chi connectivity index (χ3n) is 4.52. The van der Waals surface area contributed by atoms with Gasteiger partial charge in [-0.25, -0.2) is 0 Å². The van der Waals surface area contributed by atoms with Gasteiger partial charge in [-0.3, -0.25) is 14.4 Å². The number of carbonyl (C=O) groups excluding carboxylic acids is 2. The minimum Gasteiger partial charge on any atom is -0.266 e. The summed E-state index contributed by atoms with van der Waals surface area (Å²) in [5.41, 5.74) is 2.82. The van der Waals surface area contributed by atoms with E-state index in [0.717, 1.165) is 10.6 Å². The molecule has 0 saturated heterocycles. The van der Waals surface area contributed by atoms with Crippen LogP contribution in [0.25, 0.3) is 11.6 Å². The molecule has 144 valence electrons. The lowest BCUT2D eigenvalue weighted by Gasteiger charge is -2.27. The first-order chi connectivity index (χ1) is 14.0. The van der Waals surface area contributed by atoms with Crippen LogP contribution in [0.15, 0.2) is 72.8 Å². The highest BCUT2D eigenvalue weighted by molar-refractivity contribution is 6.35. The lowest BCUT2D eigenvalue weighted by Crippen LogP contribution is -2.41. The molecule has 0 aliphatic carbocycles. The number of rotatable bonds is 4. The molecule has 1 aliphatic rings. The quantitative estimate of drug-likeness (QED) is 0.402. The van der Waals surface area contributed by atoms with Crippen LogP contribution < -0.4 is 0 Å². The van der Waals surface area contributed by atoms with Gasteiger partial charge in [-0.05, 0) is 35.4 Å². The highest BCUT2D eigenvalue weighted by atomic mass is 35.5. The Morgan fingerprint density at radius 1 is 0.828 bits per heavy atom. The van der Waals surface area contributed by atoms with E-state index < -0.39 is 11.8 Å². The maximum Gasteiger partial charge on any atom is 0.285 e. The van der Waals surface area contributed by atoms with Gasteiger partial charge in [0.25, 0.3) is 11.8 Å². The second kappa shape index (κ2) is 8.21. The maximum atomic E-state index is 13.1. The number of halogens is 2. The number of fused-ring (bicyclic) bond motifs is 1. The lowest BCUT2D eigenvalue weighted by molar-refractivity contribution is -0.167. The zero-order valence-electron chi connectivity index (χ0n) is 15.1. The minimum absolute atomic E-state index is 0.0474. The van der Waals surface area contributed by atoms with Crippen molar-refractivity contribution in [3.63, 3.8) is 0 Å². The minimum atomic E-state index is -0.525. The Hall–Kier alpha value is -2.92. The highest BCUT2D eigenvalue weighted by Gasteiger charge is 2.36. The van der Waals surface area contributed by atoms with Crippen molar-refractivity contribution < 1.29 is 14.4 Å². The van der Waals surface area contributed by atoms with Gasteiger partial charge < -0.3 is 0 Å². The van der Waals surface area contributed by atoms with Crippen LogP contribution in [0.4, 0.5) is 0 Å². The molecule has 2 amide bonds. The number of hydroxylamine groups is 2. The van der Waals surface area contributed by atoms with E-state index in [-0.39, 0.29) is 6.61 Å². The molecule has 4 nitrogen and oxygen atoms in total. The molecule has 0 atom stereocenters. The molecule has 29 heavy (non-hydrogen) atoms. The molecule has 0 bridgehead atoms. The van der Waals surface area contributed by atoms with Gasteiger partial charge in [-0.1, -0.05) is 77.8 Å². The molecule has 0 unspecified atom stereocenters. The van der Waals surface area contributed by atoms with Gasteiger partial charge in [-0.15, -0.1) is 5.06 Å². The standard InChI is InChI=1S/C23H15Cl2NO3/c24-17-11-10-16(21(25)13-17)14-29-26-22(27)19-9-5-4-8-18(19)20(23(26)28)12-15-6-2-1-3-7-15/h1-13H,14H2/b20-12-. The van der Waals surface area contributed by atoms with Crippen molar-refractivity contribution in [1.29, 1.82) is 0 Å². The zero-order valence-corrected chi connectivity index (χ0v) is 16.7. The first-order valence-corrected chi connectivity index (χ1v) is 9.62. The summed E-state index contributed by atoms with van der Waals surface area (Å²) in [4.78, 5) is 31.6. The van der Waals surface area contributed by atoms with Gasteiger partial charge >= 0.3 is 0 Å². The van der Waals surface area contributed by atoms with Crippen LogP contribution >= 0.6 is 23.2 Å². The third kappa shape index (κ3) is 3.96. The van der Waals surface area contributed by atoms with E-state index in [4.69, 9.17) is 28.0 Å². The molecule has 0 aromatic heterocycles. The lowest BCUT2D eigenvalue weighted by atomic mass is 9.93. The van der Waals surface area contributed by atoms with Crippen molar-refractivity contribution >= 4 is 46.7 Å². The molecule has 1 aliphatic heterocycles. The normalized spacial score (nSPS) is 15.0. The van der Waals surface area contributed by atoms with Crippen LogP contribution in [0, 0.1) is 0 Å². The Balaban J connectivity index is 1.69. The summed E-state index contributed by atoms with van der Waals surface area (Å²) < 4.78 is 0. The van der Waals surface area contributed by atoms with Crippen molar-refractivity contribution in [2.24, 2.45) is 0 Å². The number of benzene rings is 3. The van der Waals surface area contributed by atoms with Crippen molar-refractivity contribution in [3.8, 4) is 0 Å². The third-order valence-corrected chi connectivity index (χ3v) is 5.11. The summed E-state index contributed by atoms with van der Waals surface area (Å²) in [6.07, 6.45) is 1.75. The first kappa shape index (κ1) is 19.4. The fourth-order valence-electron chi connectivity index (χ4n) is 3.08. The largest absolute Gasteiger partial charge is 0.285 e. The number of nitrogens with zero attached hydrogens (tertiary/aromatic N) is 1. The van der Waals surface area contributed by atoms with E-state index in [0.29, 0.717) is 32.3 Å². The number of carbonyl (C=O) groups is 2. The summed E-state index contributed by atoms with van der Waals surface area (Å²) in [6, 6.07) is 21.4. The van der Waals surface area contributed by atoms with Gasteiger partial charge in [0.1, 0.15) is 6.61 Å². The molecule has 4 rings (SSSR count). The molecule has 0 fully saturated rings. The van der Waals surface area contributed by atoms with E-state index in [2.05, 4.69) is 0 Å². The summed E-state index contributed by atoms with van der Waals surface area (Å²) >= 11 is 12.1. The Morgan fingerprint density at radius 3 is 2.24 bits per heavy atom. The average molecular weight is 424 g/mol. The molecule has 1 heterocycles. The Bertz CT molecular complexity index is 1130. The molecule has 6 heteroatoms. The molecular weight excluding hydrogens is 409 g/mol. The van der Waals surface area contributed by atoms with E-state index in [9.17, 15) is 9.59 Å². The van der Waals surface area contributed by atoms with Gasteiger partial charge in [-0.2, -0.15) is 0 Å². The molecule has 0 spiro atoms. The molecule has 3 aromatic rings. The fraction of sp³-hybridized carbons (Fsp3) is 0.0435. The van der Waals surface area contributed by atoms with Gasteiger partial charge in [0.2, 0.25) is 0 Å². The Morgan fingerprint density at radius 2 is 1.52 bits per heavy atom. The van der Waals surface area contributed by atoms with Crippen LogP contribution in [0.5, 0.6) is 0 Å². The molecule has 3 aromatic carbocycles. The second-order valence-corrected chi connectivity index (χ2v) is 7.27. The smallest absolute Gasteiger partial charge is 0.266 e. The molecule has 0 radical (unpaired) electrons. The van der Waals surface area contributed by atoms with Crippen LogP contribution in [0.3, 0.4) is 0 Å². The topological polar surface area (TPSA) is 46.6 Å². The average Bonchev–Trinajstić information content (AvgIpc) is 2.73.